The molecule has 41 heavy (non-hydrogen) atoms. The van der Waals surface area contributed by atoms with Gasteiger partial charge in [-0.25, -0.2) is 4.79 Å². The third-order valence-electron chi connectivity index (χ3n) is 8.36. The molecule has 0 radical (unpaired) electrons. The molecule has 8 nitrogen and oxygen atoms in total. The van der Waals surface area contributed by atoms with Gasteiger partial charge in [0.15, 0.2) is 0 Å². The van der Waals surface area contributed by atoms with Crippen molar-refractivity contribution in [1.82, 2.24) is 18.9 Å². The smallest absolute Gasteiger partial charge is 0.335 e. The zero-order valence-electron chi connectivity index (χ0n) is 23.6. The van der Waals surface area contributed by atoms with E-state index in [0.717, 1.165) is 67.9 Å². The van der Waals surface area contributed by atoms with Crippen LogP contribution < -0.4 is 20.7 Å². The van der Waals surface area contributed by atoms with Crippen molar-refractivity contribution in [3.63, 3.8) is 0 Å². The number of likely N-dealkylation sites (tertiary alicyclic amines) is 1. The third-order valence-corrected chi connectivity index (χ3v) is 8.36. The van der Waals surface area contributed by atoms with Crippen LogP contribution in [0.4, 0.5) is 0 Å². The van der Waals surface area contributed by atoms with Crippen LogP contribution >= 0.6 is 0 Å². The molecule has 3 aromatic heterocycles. The maximum absolute atomic E-state index is 13.7. The summed E-state index contributed by atoms with van der Waals surface area (Å²) in [4.78, 5) is 33.0. The van der Waals surface area contributed by atoms with E-state index in [4.69, 9.17) is 9.47 Å². The summed E-state index contributed by atoms with van der Waals surface area (Å²) in [6, 6.07) is 19.1. The largest absolute Gasteiger partial charge is 0.497 e. The number of hydrogen-bond donors (Lipinski definition) is 1. The lowest BCUT2D eigenvalue weighted by Gasteiger charge is -2.32. The van der Waals surface area contributed by atoms with Crippen LogP contribution in [0.25, 0.3) is 27.5 Å². The van der Waals surface area contributed by atoms with Crippen LogP contribution in [0, 0.1) is 0 Å². The van der Waals surface area contributed by atoms with E-state index in [9.17, 15) is 9.59 Å². The summed E-state index contributed by atoms with van der Waals surface area (Å²) >= 11 is 0. The minimum atomic E-state index is -0.296. The maximum Gasteiger partial charge on any atom is 0.335 e. The predicted octanol–water partition coefficient (Wildman–Crippen LogP) is 5.29. The number of pyridine rings is 1. The number of nitrogens with zero attached hydrogens (tertiary/aromatic N) is 3. The van der Waals surface area contributed by atoms with Gasteiger partial charge >= 0.3 is 5.69 Å². The number of aromatic amines is 1. The number of nitrogens with one attached hydrogen (secondary N) is 1. The number of fused-ring (bicyclic) bond motifs is 2. The van der Waals surface area contributed by atoms with Crippen molar-refractivity contribution in [3.8, 4) is 22.6 Å². The van der Waals surface area contributed by atoms with Gasteiger partial charge in [-0.15, -0.1) is 0 Å². The fourth-order valence-electron chi connectivity index (χ4n) is 6.21. The first kappa shape index (κ1) is 26.9. The highest BCUT2D eigenvalue weighted by Crippen LogP contribution is 2.34. The van der Waals surface area contributed by atoms with Crippen LogP contribution in [0.15, 0.2) is 82.6 Å². The standard InChI is InChI=1S/C33H36N4O4/c1-40-25-12-10-23(11-13-25)31-30-9-3-4-18-36(30)33(39)37(32(31)38)19-6-5-16-35-17-7-8-24(22-35)28-21-34-29-15-14-26(41-2)20-27(28)29/h3-4,9-15,18,20-21,24,34H,5-8,16-17,19,22H2,1-2H3. The van der Waals surface area contributed by atoms with Crippen molar-refractivity contribution in [2.45, 2.75) is 38.1 Å². The van der Waals surface area contributed by atoms with Crippen LogP contribution in [0.1, 0.15) is 37.2 Å². The van der Waals surface area contributed by atoms with Crippen molar-refractivity contribution in [3.05, 3.63) is 99.5 Å². The number of ether oxygens (including phenoxy) is 2. The summed E-state index contributed by atoms with van der Waals surface area (Å²) in [5.74, 6) is 2.06. The van der Waals surface area contributed by atoms with Gasteiger partial charge in [0.05, 0.1) is 25.3 Å². The van der Waals surface area contributed by atoms with Crippen LogP contribution in [0.5, 0.6) is 11.5 Å². The monoisotopic (exact) mass is 552 g/mol. The lowest BCUT2D eigenvalue weighted by molar-refractivity contribution is 0.204. The second-order valence-corrected chi connectivity index (χ2v) is 10.8. The molecule has 0 spiro atoms. The van der Waals surface area contributed by atoms with E-state index >= 15 is 0 Å². The lowest BCUT2D eigenvalue weighted by Crippen LogP contribution is -2.39. The highest BCUT2D eigenvalue weighted by Gasteiger charge is 2.24. The summed E-state index contributed by atoms with van der Waals surface area (Å²) in [6.07, 6.45) is 7.86. The molecule has 1 saturated heterocycles. The van der Waals surface area contributed by atoms with E-state index in [0.29, 0.717) is 23.5 Å². The topological polar surface area (TPSA) is 81.0 Å². The Morgan fingerprint density at radius 2 is 1.71 bits per heavy atom. The van der Waals surface area contributed by atoms with Crippen molar-refractivity contribution >= 4 is 16.4 Å². The Kier molecular flexibility index (Phi) is 7.65. The number of H-pyrrole nitrogens is 1. The van der Waals surface area contributed by atoms with Crippen LogP contribution in [-0.2, 0) is 6.54 Å². The number of rotatable bonds is 9. The van der Waals surface area contributed by atoms with Gasteiger partial charge in [-0.3, -0.25) is 13.8 Å². The Bertz CT molecular complexity index is 1780. The molecule has 212 valence electrons. The molecule has 1 aliphatic heterocycles. The summed E-state index contributed by atoms with van der Waals surface area (Å²) in [7, 11) is 3.32. The predicted molar refractivity (Wildman–Crippen MR) is 162 cm³/mol. The molecule has 0 aliphatic carbocycles. The molecule has 1 fully saturated rings. The van der Waals surface area contributed by atoms with Crippen molar-refractivity contribution in [2.24, 2.45) is 0 Å². The summed E-state index contributed by atoms with van der Waals surface area (Å²) in [5.41, 5.74) is 3.85. The number of aromatic nitrogens is 3. The lowest BCUT2D eigenvalue weighted by atomic mass is 9.90. The summed E-state index contributed by atoms with van der Waals surface area (Å²) in [6.45, 7) is 3.40. The van der Waals surface area contributed by atoms with E-state index < -0.39 is 0 Å². The van der Waals surface area contributed by atoms with Gasteiger partial charge in [-0.05, 0) is 98.3 Å². The van der Waals surface area contributed by atoms with Gasteiger partial charge in [0.25, 0.3) is 5.56 Å². The fourth-order valence-corrected chi connectivity index (χ4v) is 6.21. The number of methoxy groups -OCH3 is 2. The van der Waals surface area contributed by atoms with Gasteiger partial charge < -0.3 is 19.4 Å². The number of piperidine rings is 1. The van der Waals surface area contributed by atoms with E-state index in [1.807, 2.05) is 48.5 Å². The van der Waals surface area contributed by atoms with Gasteiger partial charge in [0, 0.05) is 36.4 Å². The minimum absolute atomic E-state index is 0.251. The average Bonchev–Trinajstić information content (AvgIpc) is 3.44. The number of benzene rings is 2. The second-order valence-electron chi connectivity index (χ2n) is 10.8. The Hall–Kier alpha value is -4.30. The van der Waals surface area contributed by atoms with Gasteiger partial charge in [-0.1, -0.05) is 18.2 Å². The van der Waals surface area contributed by atoms with E-state index in [2.05, 4.69) is 28.2 Å². The number of unbranched alkanes of at least 4 members (excludes halogenated alkanes) is 1. The van der Waals surface area contributed by atoms with Crippen LogP contribution in [0.2, 0.25) is 0 Å². The highest BCUT2D eigenvalue weighted by atomic mass is 16.5. The van der Waals surface area contributed by atoms with E-state index in [1.165, 1.54) is 15.5 Å². The molecule has 6 rings (SSSR count). The molecule has 1 unspecified atom stereocenters. The minimum Gasteiger partial charge on any atom is -0.497 e. The Morgan fingerprint density at radius 3 is 2.51 bits per heavy atom. The highest BCUT2D eigenvalue weighted by molar-refractivity contribution is 5.85. The SMILES string of the molecule is COc1ccc(-c2c(=O)n(CCCCN3CCCC(c4c[nH]c5ccc(OC)cc45)C3)c(=O)n3ccccc23)cc1. The fraction of sp³-hybridized carbons (Fsp3) is 0.333. The molecule has 0 saturated carbocycles. The van der Waals surface area contributed by atoms with E-state index in [1.54, 1.807) is 24.8 Å². The molecule has 5 aromatic rings. The Morgan fingerprint density at radius 1 is 0.927 bits per heavy atom. The van der Waals surface area contributed by atoms with Crippen molar-refractivity contribution in [2.75, 3.05) is 33.9 Å². The first-order valence-electron chi connectivity index (χ1n) is 14.3. The molecular formula is C33H36N4O4. The Labute approximate surface area is 238 Å². The van der Waals surface area contributed by atoms with E-state index in [-0.39, 0.29) is 11.2 Å². The van der Waals surface area contributed by atoms with Gasteiger partial charge in [0.2, 0.25) is 0 Å². The average molecular weight is 553 g/mol. The molecular weight excluding hydrogens is 516 g/mol. The van der Waals surface area contributed by atoms with Crippen LogP contribution in [-0.4, -0.2) is 52.7 Å². The van der Waals surface area contributed by atoms with Gasteiger partial charge in [0.1, 0.15) is 11.5 Å². The van der Waals surface area contributed by atoms with Gasteiger partial charge in [-0.2, -0.15) is 0 Å². The molecule has 1 N–H and O–H groups in total. The van der Waals surface area contributed by atoms with Crippen LogP contribution in [0.3, 0.4) is 0 Å². The molecule has 8 heteroatoms. The molecule has 0 amide bonds. The van der Waals surface area contributed by atoms with Crippen molar-refractivity contribution in [1.29, 1.82) is 0 Å². The number of hydrogen-bond acceptors (Lipinski definition) is 5. The first-order valence-corrected chi connectivity index (χ1v) is 14.3. The molecule has 1 aliphatic rings. The third kappa shape index (κ3) is 5.27. The first-order chi connectivity index (χ1) is 20.1. The molecule has 2 aromatic carbocycles. The molecule has 0 bridgehead atoms. The zero-order chi connectivity index (χ0) is 28.3. The normalized spacial score (nSPS) is 15.9. The Balaban J connectivity index is 1.16. The quantitative estimate of drug-likeness (QED) is 0.252. The molecule has 4 heterocycles. The zero-order valence-corrected chi connectivity index (χ0v) is 23.6. The molecule has 1 atom stereocenters. The van der Waals surface area contributed by atoms with Crippen molar-refractivity contribution < 1.29 is 9.47 Å². The maximum atomic E-state index is 13.7. The summed E-state index contributed by atoms with van der Waals surface area (Å²) in [5, 5.41) is 1.24. The second kappa shape index (κ2) is 11.7. The summed E-state index contributed by atoms with van der Waals surface area (Å²) < 4.78 is 13.7.